The van der Waals surface area contributed by atoms with E-state index < -0.39 is 5.92 Å². The van der Waals surface area contributed by atoms with Gasteiger partial charge in [-0.2, -0.15) is 0 Å². The maximum atomic E-state index is 12.2. The number of halogens is 2. The van der Waals surface area contributed by atoms with E-state index in [0.717, 1.165) is 0 Å². The molecule has 106 valence electrons. The van der Waals surface area contributed by atoms with Gasteiger partial charge in [0.2, 0.25) is 0 Å². The number of nitrogens with zero attached hydrogens (tertiary/aromatic N) is 2. The summed E-state index contributed by atoms with van der Waals surface area (Å²) in [5.41, 5.74) is 0.370. The van der Waals surface area contributed by atoms with Crippen molar-refractivity contribution >= 4 is 35.1 Å². The van der Waals surface area contributed by atoms with Gasteiger partial charge >= 0.3 is 5.97 Å². The van der Waals surface area contributed by atoms with Crippen LogP contribution < -0.4 is 0 Å². The Kier molecular flexibility index (Phi) is 5.26. The van der Waals surface area contributed by atoms with Crippen LogP contribution in [0.25, 0.3) is 0 Å². The molecule has 1 aromatic rings. The van der Waals surface area contributed by atoms with Gasteiger partial charge in [-0.15, -0.1) is 0 Å². The van der Waals surface area contributed by atoms with Crippen molar-refractivity contribution < 1.29 is 14.3 Å². The van der Waals surface area contributed by atoms with E-state index in [1.165, 1.54) is 22.6 Å². The van der Waals surface area contributed by atoms with Crippen LogP contribution in [-0.2, 0) is 16.6 Å². The standard InChI is InChI=1S/C12H16Cl2N2O3/c1-7(12(18)19-4)6-15(2)11(17)9-5-8(13)10(14)16(9)3/h5,7H,6H2,1-4H3. The highest BCUT2D eigenvalue weighted by Gasteiger charge is 2.22. The molecule has 0 aliphatic heterocycles. The first-order valence-electron chi connectivity index (χ1n) is 5.63. The van der Waals surface area contributed by atoms with Crippen LogP contribution in [0, 0.1) is 5.92 Å². The SMILES string of the molecule is COC(=O)C(C)CN(C)C(=O)c1cc(Cl)c(Cl)n1C. The van der Waals surface area contributed by atoms with Crippen LogP contribution in [0.3, 0.4) is 0 Å². The van der Waals surface area contributed by atoms with E-state index in [1.54, 1.807) is 21.0 Å². The summed E-state index contributed by atoms with van der Waals surface area (Å²) in [4.78, 5) is 25.0. The van der Waals surface area contributed by atoms with Gasteiger partial charge in [-0.25, -0.2) is 0 Å². The van der Waals surface area contributed by atoms with Crippen LogP contribution >= 0.6 is 23.2 Å². The largest absolute Gasteiger partial charge is 0.469 e. The molecular weight excluding hydrogens is 291 g/mol. The summed E-state index contributed by atoms with van der Waals surface area (Å²) >= 11 is 11.8. The molecule has 1 amide bonds. The van der Waals surface area contributed by atoms with Crippen molar-refractivity contribution in [3.63, 3.8) is 0 Å². The highest BCUT2D eigenvalue weighted by Crippen LogP contribution is 2.25. The lowest BCUT2D eigenvalue weighted by Gasteiger charge is -2.20. The second-order valence-electron chi connectivity index (χ2n) is 4.34. The Hall–Kier alpha value is -1.20. The molecule has 0 bridgehead atoms. The van der Waals surface area contributed by atoms with Gasteiger partial charge < -0.3 is 14.2 Å². The van der Waals surface area contributed by atoms with Gasteiger partial charge in [-0.05, 0) is 6.07 Å². The lowest BCUT2D eigenvalue weighted by molar-refractivity contribution is -0.145. The monoisotopic (exact) mass is 306 g/mol. The Bertz CT molecular complexity index is 499. The number of hydrogen-bond acceptors (Lipinski definition) is 3. The molecule has 0 aromatic carbocycles. The summed E-state index contributed by atoms with van der Waals surface area (Å²) in [6.07, 6.45) is 0. The van der Waals surface area contributed by atoms with Gasteiger partial charge in [0.15, 0.2) is 0 Å². The number of esters is 1. The third-order valence-electron chi connectivity index (χ3n) is 2.83. The van der Waals surface area contributed by atoms with E-state index >= 15 is 0 Å². The van der Waals surface area contributed by atoms with Crippen molar-refractivity contribution in [3.05, 3.63) is 21.9 Å². The van der Waals surface area contributed by atoms with E-state index in [4.69, 9.17) is 23.2 Å². The Labute approximate surface area is 122 Å². The lowest BCUT2D eigenvalue weighted by Crippen LogP contribution is -2.35. The molecule has 0 fully saturated rings. The zero-order chi connectivity index (χ0) is 14.7. The van der Waals surface area contributed by atoms with Crippen LogP contribution in [-0.4, -0.2) is 42.0 Å². The van der Waals surface area contributed by atoms with Gasteiger partial charge in [-0.1, -0.05) is 30.1 Å². The second kappa shape index (κ2) is 6.30. The number of hydrogen-bond donors (Lipinski definition) is 0. The van der Waals surface area contributed by atoms with Gasteiger partial charge in [0.05, 0.1) is 18.1 Å². The molecule has 0 spiro atoms. The minimum absolute atomic E-state index is 0.256. The number of carbonyl (C=O) groups is 2. The average Bonchev–Trinajstić information content (AvgIpc) is 2.64. The second-order valence-corrected chi connectivity index (χ2v) is 5.10. The zero-order valence-corrected chi connectivity index (χ0v) is 12.7. The van der Waals surface area contributed by atoms with E-state index in [1.807, 2.05) is 0 Å². The third-order valence-corrected chi connectivity index (χ3v) is 3.68. The summed E-state index contributed by atoms with van der Waals surface area (Å²) in [6, 6.07) is 1.51. The van der Waals surface area contributed by atoms with Crippen molar-refractivity contribution in [2.24, 2.45) is 13.0 Å². The number of amides is 1. The molecule has 7 heteroatoms. The average molecular weight is 307 g/mol. The van der Waals surface area contributed by atoms with Crippen LogP contribution in [0.5, 0.6) is 0 Å². The van der Waals surface area contributed by atoms with Crippen LogP contribution in [0.1, 0.15) is 17.4 Å². The highest BCUT2D eigenvalue weighted by molar-refractivity contribution is 6.41. The summed E-state index contributed by atoms with van der Waals surface area (Å²) in [5, 5.41) is 0.626. The fourth-order valence-corrected chi connectivity index (χ4v) is 2.09. The summed E-state index contributed by atoms with van der Waals surface area (Å²) in [5.74, 6) is -1.01. The fraction of sp³-hybridized carbons (Fsp3) is 0.500. The molecule has 1 heterocycles. The maximum Gasteiger partial charge on any atom is 0.310 e. The number of rotatable bonds is 4. The van der Waals surface area contributed by atoms with Crippen LogP contribution in [0.4, 0.5) is 0 Å². The number of carbonyl (C=O) groups excluding carboxylic acids is 2. The number of aromatic nitrogens is 1. The van der Waals surface area contributed by atoms with E-state index in [2.05, 4.69) is 4.74 Å². The molecule has 0 radical (unpaired) electrons. The zero-order valence-electron chi connectivity index (χ0n) is 11.2. The predicted molar refractivity (Wildman–Crippen MR) is 73.6 cm³/mol. The van der Waals surface area contributed by atoms with E-state index in [0.29, 0.717) is 15.9 Å². The van der Waals surface area contributed by atoms with Gasteiger partial charge in [0, 0.05) is 20.6 Å². The molecule has 0 saturated carbocycles. The van der Waals surface area contributed by atoms with Crippen molar-refractivity contribution in [2.75, 3.05) is 20.7 Å². The first-order valence-corrected chi connectivity index (χ1v) is 6.39. The molecule has 1 aromatic heterocycles. The molecule has 0 aliphatic rings. The van der Waals surface area contributed by atoms with Crippen LogP contribution in [0.2, 0.25) is 10.2 Å². The fourth-order valence-electron chi connectivity index (χ4n) is 1.71. The third kappa shape index (κ3) is 3.42. The minimum atomic E-state index is -0.398. The molecule has 5 nitrogen and oxygen atoms in total. The molecule has 0 N–H and O–H groups in total. The van der Waals surface area contributed by atoms with Crippen molar-refractivity contribution in [1.82, 2.24) is 9.47 Å². The minimum Gasteiger partial charge on any atom is -0.469 e. The summed E-state index contributed by atoms with van der Waals surface area (Å²) < 4.78 is 6.13. The molecule has 0 saturated heterocycles. The topological polar surface area (TPSA) is 51.5 Å². The molecule has 19 heavy (non-hydrogen) atoms. The number of ether oxygens (including phenoxy) is 1. The summed E-state index contributed by atoms with van der Waals surface area (Å²) in [7, 11) is 4.58. The summed E-state index contributed by atoms with van der Waals surface area (Å²) in [6.45, 7) is 1.95. The Morgan fingerprint density at radius 3 is 2.47 bits per heavy atom. The van der Waals surface area contributed by atoms with Gasteiger partial charge in [-0.3, -0.25) is 9.59 Å². The quantitative estimate of drug-likeness (QED) is 0.801. The van der Waals surface area contributed by atoms with E-state index in [-0.39, 0.29) is 18.4 Å². The Morgan fingerprint density at radius 1 is 1.47 bits per heavy atom. The number of methoxy groups -OCH3 is 1. The van der Waals surface area contributed by atoms with Crippen molar-refractivity contribution in [2.45, 2.75) is 6.92 Å². The molecular formula is C12H16Cl2N2O3. The molecule has 1 unspecified atom stereocenters. The Balaban J connectivity index is 2.82. The van der Waals surface area contributed by atoms with Crippen molar-refractivity contribution in [3.8, 4) is 0 Å². The van der Waals surface area contributed by atoms with E-state index in [9.17, 15) is 9.59 Å². The van der Waals surface area contributed by atoms with Gasteiger partial charge in [0.1, 0.15) is 10.8 Å². The molecule has 1 rings (SSSR count). The molecule has 1 atom stereocenters. The Morgan fingerprint density at radius 2 is 2.05 bits per heavy atom. The van der Waals surface area contributed by atoms with Crippen LogP contribution in [0.15, 0.2) is 6.07 Å². The molecule has 0 aliphatic carbocycles. The first-order chi connectivity index (χ1) is 8.79. The predicted octanol–water partition coefficient (Wildman–Crippen LogP) is 2.21. The highest BCUT2D eigenvalue weighted by atomic mass is 35.5. The lowest BCUT2D eigenvalue weighted by atomic mass is 10.1. The van der Waals surface area contributed by atoms with Crippen molar-refractivity contribution in [1.29, 1.82) is 0 Å². The first kappa shape index (κ1) is 15.9. The normalized spacial score (nSPS) is 12.1. The smallest absolute Gasteiger partial charge is 0.310 e. The van der Waals surface area contributed by atoms with Gasteiger partial charge in [0.25, 0.3) is 5.91 Å². The maximum absolute atomic E-state index is 12.2.